The Bertz CT molecular complexity index is 986. The summed E-state index contributed by atoms with van der Waals surface area (Å²) in [5, 5.41) is 4.74. The van der Waals surface area contributed by atoms with Gasteiger partial charge in [0.2, 0.25) is 0 Å². The lowest BCUT2D eigenvalue weighted by Crippen LogP contribution is -2.33. The van der Waals surface area contributed by atoms with E-state index in [1.54, 1.807) is 0 Å². The van der Waals surface area contributed by atoms with Crippen molar-refractivity contribution in [2.75, 3.05) is 0 Å². The summed E-state index contributed by atoms with van der Waals surface area (Å²) in [6.07, 6.45) is 0.745. The molecule has 26 heavy (non-hydrogen) atoms. The van der Waals surface area contributed by atoms with Crippen molar-refractivity contribution in [3.8, 4) is 0 Å². The highest BCUT2D eigenvalue weighted by Crippen LogP contribution is 2.37. The molecule has 3 aromatic rings. The van der Waals surface area contributed by atoms with Gasteiger partial charge in [0.05, 0.1) is 5.41 Å². The zero-order chi connectivity index (χ0) is 19.1. The number of rotatable bonds is 4. The van der Waals surface area contributed by atoms with E-state index < -0.39 is 11.0 Å². The number of hydrogen-bond acceptors (Lipinski definition) is 2. The van der Waals surface area contributed by atoms with E-state index in [4.69, 9.17) is 4.74 Å². The van der Waals surface area contributed by atoms with Crippen LogP contribution < -0.4 is 0 Å². The van der Waals surface area contributed by atoms with Crippen LogP contribution in [0, 0.1) is 5.41 Å². The molecule has 3 heteroatoms. The number of benzene rings is 3. The zero-order valence-electron chi connectivity index (χ0n) is 16.0. The molecule has 0 bridgehead atoms. The lowest BCUT2D eigenvalue weighted by molar-refractivity contribution is -0.168. The topological polar surface area (TPSA) is 26.3 Å². The summed E-state index contributed by atoms with van der Waals surface area (Å²) >= 11 is 3.74. The highest BCUT2D eigenvalue weighted by Gasteiger charge is 2.34. The van der Waals surface area contributed by atoms with Crippen molar-refractivity contribution in [1.82, 2.24) is 0 Å². The average Bonchev–Trinajstić information content (AvgIpc) is 2.60. The fourth-order valence-electron chi connectivity index (χ4n) is 3.01. The summed E-state index contributed by atoms with van der Waals surface area (Å²) in [7, 11) is 0. The molecule has 0 amide bonds. The van der Waals surface area contributed by atoms with Crippen LogP contribution in [0.1, 0.15) is 46.6 Å². The first-order chi connectivity index (χ1) is 12.2. The summed E-state index contributed by atoms with van der Waals surface area (Å²) < 4.78 is 6.93. The number of carbonyl (C=O) groups excluding carboxylic acids is 1. The predicted molar refractivity (Wildman–Crippen MR) is 112 cm³/mol. The molecule has 0 heterocycles. The second-order valence-corrected chi connectivity index (χ2v) is 8.83. The summed E-state index contributed by atoms with van der Waals surface area (Å²) in [4.78, 5) is 12.6. The van der Waals surface area contributed by atoms with Crippen molar-refractivity contribution >= 4 is 43.4 Å². The van der Waals surface area contributed by atoms with Gasteiger partial charge in [0, 0.05) is 9.86 Å². The first-order valence-electron chi connectivity index (χ1n) is 9.00. The Morgan fingerprint density at radius 2 is 1.65 bits per heavy atom. The molecule has 0 radical (unpaired) electrons. The van der Waals surface area contributed by atoms with Gasteiger partial charge in [-0.15, -0.1) is 0 Å². The van der Waals surface area contributed by atoms with Crippen molar-refractivity contribution in [1.29, 1.82) is 0 Å². The SMILES string of the molecule is CCC(C)(C)C(=O)OC(C)(C)c1cc(Br)c2c(ccc3ccccc32)c1. The van der Waals surface area contributed by atoms with Crippen LogP contribution in [-0.4, -0.2) is 5.97 Å². The monoisotopic (exact) mass is 412 g/mol. The first-order valence-corrected chi connectivity index (χ1v) is 9.80. The maximum absolute atomic E-state index is 12.6. The van der Waals surface area contributed by atoms with E-state index >= 15 is 0 Å². The Morgan fingerprint density at radius 3 is 2.35 bits per heavy atom. The van der Waals surface area contributed by atoms with Gasteiger partial charge in [-0.25, -0.2) is 0 Å². The summed E-state index contributed by atoms with van der Waals surface area (Å²) in [5.74, 6) is -0.167. The number of hydrogen-bond donors (Lipinski definition) is 0. The number of ether oxygens (including phenoxy) is 1. The van der Waals surface area contributed by atoms with Gasteiger partial charge in [-0.3, -0.25) is 4.79 Å². The van der Waals surface area contributed by atoms with Gasteiger partial charge >= 0.3 is 5.97 Å². The van der Waals surface area contributed by atoms with Gasteiger partial charge in [-0.1, -0.05) is 59.3 Å². The van der Waals surface area contributed by atoms with E-state index in [1.807, 2.05) is 34.6 Å². The number of esters is 1. The van der Waals surface area contributed by atoms with Crippen LogP contribution in [0.2, 0.25) is 0 Å². The molecule has 0 aliphatic rings. The average molecular weight is 413 g/mol. The Labute approximate surface area is 163 Å². The second kappa shape index (κ2) is 6.70. The fraction of sp³-hybridized carbons (Fsp3) is 0.348. The molecule has 0 N–H and O–H groups in total. The molecule has 0 aliphatic heterocycles. The minimum atomic E-state index is -0.703. The maximum atomic E-state index is 12.6. The van der Waals surface area contributed by atoms with Crippen molar-refractivity contribution in [3.63, 3.8) is 0 Å². The van der Waals surface area contributed by atoms with Gasteiger partial charge in [0.15, 0.2) is 0 Å². The largest absolute Gasteiger partial charge is 0.454 e. The van der Waals surface area contributed by atoms with Crippen molar-refractivity contribution in [2.45, 2.75) is 46.6 Å². The van der Waals surface area contributed by atoms with Gasteiger partial charge in [-0.05, 0) is 68.0 Å². The van der Waals surface area contributed by atoms with E-state index in [0.29, 0.717) is 0 Å². The van der Waals surface area contributed by atoms with Crippen molar-refractivity contribution in [3.05, 3.63) is 58.6 Å². The Kier molecular flexibility index (Phi) is 4.87. The number of halogens is 1. The van der Waals surface area contributed by atoms with E-state index in [2.05, 4.69) is 64.5 Å². The van der Waals surface area contributed by atoms with Crippen LogP contribution in [0.15, 0.2) is 53.0 Å². The van der Waals surface area contributed by atoms with Crippen LogP contribution in [0.25, 0.3) is 21.5 Å². The molecule has 0 unspecified atom stereocenters. The minimum Gasteiger partial charge on any atom is -0.454 e. The van der Waals surface area contributed by atoms with Crippen LogP contribution in [-0.2, 0) is 15.1 Å². The summed E-state index contributed by atoms with van der Waals surface area (Å²) in [6.45, 7) is 9.75. The third-order valence-corrected chi connectivity index (χ3v) is 5.90. The minimum absolute atomic E-state index is 0.167. The molecule has 0 saturated heterocycles. The van der Waals surface area contributed by atoms with Crippen LogP contribution in [0.4, 0.5) is 0 Å². The maximum Gasteiger partial charge on any atom is 0.312 e. The third kappa shape index (κ3) is 3.37. The highest BCUT2D eigenvalue weighted by molar-refractivity contribution is 9.10. The number of fused-ring (bicyclic) bond motifs is 3. The molecule has 136 valence electrons. The van der Waals surface area contributed by atoms with Gasteiger partial charge in [0.1, 0.15) is 5.60 Å². The first kappa shape index (κ1) is 18.9. The molecule has 0 spiro atoms. The molecule has 3 rings (SSSR count). The van der Waals surface area contributed by atoms with Gasteiger partial charge in [-0.2, -0.15) is 0 Å². The Hall–Kier alpha value is -1.87. The molecule has 0 atom stereocenters. The quantitative estimate of drug-likeness (QED) is 0.341. The normalized spacial score (nSPS) is 12.5. The molecule has 3 aromatic carbocycles. The Balaban J connectivity index is 2.08. The van der Waals surface area contributed by atoms with Gasteiger partial charge in [0.25, 0.3) is 0 Å². The van der Waals surface area contributed by atoms with Crippen LogP contribution >= 0.6 is 15.9 Å². The molecule has 0 aliphatic carbocycles. The molecule has 2 nitrogen and oxygen atoms in total. The number of carbonyl (C=O) groups is 1. The van der Waals surface area contributed by atoms with Crippen LogP contribution in [0.3, 0.4) is 0 Å². The lowest BCUT2D eigenvalue weighted by atomic mass is 9.89. The lowest BCUT2D eigenvalue weighted by Gasteiger charge is -2.31. The van der Waals surface area contributed by atoms with E-state index in [9.17, 15) is 4.79 Å². The van der Waals surface area contributed by atoms with Crippen LogP contribution in [0.5, 0.6) is 0 Å². The van der Waals surface area contributed by atoms with Crippen molar-refractivity contribution in [2.24, 2.45) is 5.41 Å². The molecule has 0 aromatic heterocycles. The highest BCUT2D eigenvalue weighted by atomic mass is 79.9. The van der Waals surface area contributed by atoms with E-state index in [1.165, 1.54) is 16.2 Å². The standard InChI is InChI=1S/C23H25BrO2/c1-6-22(2,3)21(25)26-23(4,5)17-13-16-12-11-15-9-7-8-10-18(15)20(16)19(24)14-17/h7-14H,6H2,1-5H3. The molecular weight excluding hydrogens is 388 g/mol. The van der Waals surface area contributed by atoms with Gasteiger partial charge < -0.3 is 4.74 Å². The second-order valence-electron chi connectivity index (χ2n) is 7.98. The molecule has 0 fully saturated rings. The Morgan fingerprint density at radius 1 is 1.00 bits per heavy atom. The molecule has 0 saturated carbocycles. The third-order valence-electron chi connectivity index (χ3n) is 5.27. The predicted octanol–water partition coefficient (Wildman–Crippen LogP) is 6.97. The van der Waals surface area contributed by atoms with E-state index in [-0.39, 0.29) is 5.97 Å². The smallest absolute Gasteiger partial charge is 0.312 e. The molecular formula is C23H25BrO2. The zero-order valence-corrected chi connectivity index (χ0v) is 17.6. The van der Waals surface area contributed by atoms with E-state index in [0.717, 1.165) is 21.8 Å². The fourth-order valence-corrected chi connectivity index (χ4v) is 3.70. The summed E-state index contributed by atoms with van der Waals surface area (Å²) in [5.41, 5.74) is -0.208. The summed E-state index contributed by atoms with van der Waals surface area (Å²) in [6, 6.07) is 16.8. The van der Waals surface area contributed by atoms with Crippen molar-refractivity contribution < 1.29 is 9.53 Å².